The van der Waals surface area contributed by atoms with Gasteiger partial charge < -0.3 is 9.26 Å². The number of thioether (sulfide) groups is 1. The molecule has 1 aliphatic heterocycles. The zero-order valence-electron chi connectivity index (χ0n) is 12.4. The highest BCUT2D eigenvalue weighted by molar-refractivity contribution is 8.00. The van der Waals surface area contributed by atoms with Gasteiger partial charge in [-0.1, -0.05) is 29.4 Å². The fraction of sp³-hybridized carbons (Fsp3) is 0.176. The maximum atomic E-state index is 12.4. The first kappa shape index (κ1) is 14.1. The van der Waals surface area contributed by atoms with E-state index in [1.54, 1.807) is 23.8 Å². The van der Waals surface area contributed by atoms with Crippen LogP contribution >= 0.6 is 11.8 Å². The fourth-order valence-electron chi connectivity index (χ4n) is 2.71. The highest BCUT2D eigenvalue weighted by atomic mass is 32.2. The minimum absolute atomic E-state index is 0.0369. The van der Waals surface area contributed by atoms with Crippen LogP contribution in [0.2, 0.25) is 0 Å². The number of aromatic nitrogens is 1. The van der Waals surface area contributed by atoms with Crippen molar-refractivity contribution in [2.24, 2.45) is 0 Å². The van der Waals surface area contributed by atoms with Crippen LogP contribution in [0.1, 0.15) is 10.9 Å². The first-order chi connectivity index (χ1) is 11.3. The number of rotatable bonds is 3. The number of benzene rings is 2. The molecule has 1 atom stereocenters. The molecule has 1 fully saturated rings. The maximum absolute atomic E-state index is 12.4. The number of methoxy groups -OCH3 is 1. The van der Waals surface area contributed by atoms with Crippen LogP contribution in [0.3, 0.4) is 0 Å². The van der Waals surface area contributed by atoms with Gasteiger partial charge in [0.15, 0.2) is 11.4 Å². The molecule has 1 aliphatic rings. The van der Waals surface area contributed by atoms with Crippen LogP contribution in [0.5, 0.6) is 5.75 Å². The maximum Gasteiger partial charge on any atom is 0.239 e. The van der Waals surface area contributed by atoms with Crippen molar-refractivity contribution in [3.63, 3.8) is 0 Å². The van der Waals surface area contributed by atoms with E-state index in [9.17, 15) is 4.79 Å². The summed E-state index contributed by atoms with van der Waals surface area (Å²) in [5.41, 5.74) is 1.72. The van der Waals surface area contributed by atoms with Crippen LogP contribution in [0.15, 0.2) is 53.1 Å². The normalized spacial score (nSPS) is 17.9. The summed E-state index contributed by atoms with van der Waals surface area (Å²) in [5, 5.41) is 4.87. The predicted octanol–water partition coefficient (Wildman–Crippen LogP) is 3.62. The molecule has 1 aromatic heterocycles. The van der Waals surface area contributed by atoms with E-state index < -0.39 is 0 Å². The molecule has 1 unspecified atom stereocenters. The van der Waals surface area contributed by atoms with Crippen molar-refractivity contribution >= 4 is 34.5 Å². The summed E-state index contributed by atoms with van der Waals surface area (Å²) < 4.78 is 10.6. The van der Waals surface area contributed by atoms with Gasteiger partial charge in [-0.25, -0.2) is 0 Å². The molecular formula is C17H14N2O3S. The van der Waals surface area contributed by atoms with Crippen molar-refractivity contribution in [3.05, 3.63) is 54.1 Å². The number of carbonyl (C=O) groups excluding carboxylic acids is 1. The van der Waals surface area contributed by atoms with Crippen molar-refractivity contribution in [2.75, 3.05) is 17.8 Å². The number of hydrogen-bond acceptors (Lipinski definition) is 5. The summed E-state index contributed by atoms with van der Waals surface area (Å²) in [5.74, 6) is 1.84. The first-order valence-electron chi connectivity index (χ1n) is 7.20. The van der Waals surface area contributed by atoms with Crippen LogP contribution in [-0.4, -0.2) is 23.9 Å². The third-order valence-electron chi connectivity index (χ3n) is 3.86. The average Bonchev–Trinajstić information content (AvgIpc) is 3.18. The molecule has 6 heteroatoms. The van der Waals surface area contributed by atoms with Gasteiger partial charge >= 0.3 is 0 Å². The lowest BCUT2D eigenvalue weighted by Gasteiger charge is -2.22. The van der Waals surface area contributed by atoms with Gasteiger partial charge in [0.05, 0.1) is 18.2 Å². The quantitative estimate of drug-likeness (QED) is 0.736. The van der Waals surface area contributed by atoms with Gasteiger partial charge in [0, 0.05) is 0 Å². The molecule has 1 amide bonds. The minimum atomic E-state index is -0.109. The number of nitrogens with zero attached hydrogens (tertiary/aromatic N) is 2. The monoisotopic (exact) mass is 326 g/mol. The van der Waals surface area contributed by atoms with Gasteiger partial charge in [0.25, 0.3) is 0 Å². The number of carbonyl (C=O) groups is 1. The van der Waals surface area contributed by atoms with Gasteiger partial charge in [0.1, 0.15) is 11.1 Å². The highest BCUT2D eigenvalue weighted by Gasteiger charge is 2.36. The van der Waals surface area contributed by atoms with Gasteiger partial charge in [-0.05, 0) is 29.8 Å². The predicted molar refractivity (Wildman–Crippen MR) is 89.7 cm³/mol. The SMILES string of the molecule is COc1ccc(C2SCC(=O)N2c2noc3ccccc23)cc1. The Labute approximate surface area is 137 Å². The Bertz CT molecular complexity index is 860. The van der Waals surface area contributed by atoms with E-state index in [4.69, 9.17) is 9.26 Å². The minimum Gasteiger partial charge on any atom is -0.497 e. The third-order valence-corrected chi connectivity index (χ3v) is 5.07. The Balaban J connectivity index is 1.76. The molecule has 0 radical (unpaired) electrons. The molecule has 23 heavy (non-hydrogen) atoms. The van der Waals surface area contributed by atoms with E-state index in [1.165, 1.54) is 0 Å². The Hall–Kier alpha value is -2.47. The summed E-state index contributed by atoms with van der Waals surface area (Å²) in [6.07, 6.45) is 0. The molecule has 2 aromatic carbocycles. The van der Waals surface area contributed by atoms with Gasteiger partial charge in [-0.3, -0.25) is 9.69 Å². The Kier molecular flexibility index (Phi) is 3.46. The first-order valence-corrected chi connectivity index (χ1v) is 8.25. The smallest absolute Gasteiger partial charge is 0.239 e. The Morgan fingerprint density at radius 3 is 2.78 bits per heavy atom. The van der Waals surface area contributed by atoms with Gasteiger partial charge in [0.2, 0.25) is 5.91 Å². The molecule has 4 rings (SSSR count). The number of ether oxygens (including phenoxy) is 1. The standard InChI is InChI=1S/C17H14N2O3S/c1-21-12-8-6-11(7-9-12)17-19(15(20)10-23-17)16-13-4-2-3-5-14(13)22-18-16/h2-9,17H,10H2,1H3. The zero-order valence-corrected chi connectivity index (χ0v) is 13.2. The van der Waals surface area contributed by atoms with Crippen molar-refractivity contribution in [1.82, 2.24) is 5.16 Å². The Morgan fingerprint density at radius 1 is 1.22 bits per heavy atom. The number of fused-ring (bicyclic) bond motifs is 1. The second-order valence-corrected chi connectivity index (χ2v) is 6.27. The van der Waals surface area contributed by atoms with Crippen LogP contribution in [-0.2, 0) is 4.79 Å². The number of para-hydroxylation sites is 1. The van der Waals surface area contributed by atoms with E-state index in [0.29, 0.717) is 17.2 Å². The molecule has 0 N–H and O–H groups in total. The van der Waals surface area contributed by atoms with Gasteiger partial charge in [-0.15, -0.1) is 11.8 Å². The lowest BCUT2D eigenvalue weighted by molar-refractivity contribution is -0.115. The largest absolute Gasteiger partial charge is 0.497 e. The molecule has 5 nitrogen and oxygen atoms in total. The molecular weight excluding hydrogens is 312 g/mol. The lowest BCUT2D eigenvalue weighted by atomic mass is 10.2. The fourth-order valence-corrected chi connectivity index (χ4v) is 3.87. The van der Waals surface area contributed by atoms with Gasteiger partial charge in [-0.2, -0.15) is 0 Å². The number of amides is 1. The average molecular weight is 326 g/mol. The summed E-state index contributed by atoms with van der Waals surface area (Å²) in [4.78, 5) is 14.1. The molecule has 0 spiro atoms. The topological polar surface area (TPSA) is 55.6 Å². The molecule has 0 bridgehead atoms. The summed E-state index contributed by atoms with van der Waals surface area (Å²) in [6.45, 7) is 0. The Morgan fingerprint density at radius 2 is 2.00 bits per heavy atom. The molecule has 116 valence electrons. The van der Waals surface area contributed by atoms with Crippen molar-refractivity contribution in [1.29, 1.82) is 0 Å². The second kappa shape index (κ2) is 5.62. The molecule has 0 aliphatic carbocycles. The molecule has 3 aromatic rings. The molecule has 0 saturated carbocycles. The van der Waals surface area contributed by atoms with E-state index in [2.05, 4.69) is 5.16 Å². The summed E-state index contributed by atoms with van der Waals surface area (Å²) in [7, 11) is 1.64. The number of anilines is 1. The van der Waals surface area contributed by atoms with Crippen LogP contribution in [0.25, 0.3) is 11.0 Å². The molecule has 1 saturated heterocycles. The van der Waals surface area contributed by atoms with E-state index >= 15 is 0 Å². The highest BCUT2D eigenvalue weighted by Crippen LogP contribution is 2.43. The lowest BCUT2D eigenvalue weighted by Crippen LogP contribution is -2.28. The van der Waals surface area contributed by atoms with E-state index in [1.807, 2.05) is 48.5 Å². The van der Waals surface area contributed by atoms with E-state index in [0.717, 1.165) is 16.7 Å². The summed E-state index contributed by atoms with van der Waals surface area (Å²) in [6, 6.07) is 15.3. The third kappa shape index (κ3) is 2.35. The molecule has 2 heterocycles. The number of hydrogen-bond donors (Lipinski definition) is 0. The van der Waals surface area contributed by atoms with Crippen molar-refractivity contribution < 1.29 is 14.1 Å². The van der Waals surface area contributed by atoms with E-state index in [-0.39, 0.29) is 11.3 Å². The van der Waals surface area contributed by atoms with Crippen LogP contribution < -0.4 is 9.64 Å². The van der Waals surface area contributed by atoms with Crippen molar-refractivity contribution in [3.8, 4) is 5.75 Å². The summed E-state index contributed by atoms with van der Waals surface area (Å²) >= 11 is 1.59. The van der Waals surface area contributed by atoms with Crippen molar-refractivity contribution in [2.45, 2.75) is 5.37 Å². The van der Waals surface area contributed by atoms with Crippen LogP contribution in [0, 0.1) is 0 Å². The second-order valence-electron chi connectivity index (χ2n) is 5.20. The van der Waals surface area contributed by atoms with Crippen LogP contribution in [0.4, 0.5) is 5.82 Å². The zero-order chi connectivity index (χ0) is 15.8.